The van der Waals surface area contributed by atoms with Crippen LogP contribution in [0.4, 0.5) is 0 Å². The van der Waals surface area contributed by atoms with Gasteiger partial charge in [0, 0.05) is 0 Å². The van der Waals surface area contributed by atoms with Crippen molar-refractivity contribution in [3.8, 4) is 5.69 Å². The van der Waals surface area contributed by atoms with Crippen LogP contribution in [-0.4, -0.2) is 9.78 Å². The molecule has 4 nitrogen and oxygen atoms in total. The van der Waals surface area contributed by atoms with Gasteiger partial charge in [0.15, 0.2) is 0 Å². The van der Waals surface area contributed by atoms with Gasteiger partial charge < -0.3 is 4.42 Å². The standard InChI is InChI=1S/C14H11BrN2O2/c1-8-11-9(2)16-17(10-6-4-3-5-7-10)13(11)19-14(18)12(8)15/h3-7H,1-2H3. The number of hydrogen-bond acceptors (Lipinski definition) is 3. The average molecular weight is 319 g/mol. The zero-order chi connectivity index (χ0) is 13.6. The molecule has 3 rings (SSSR count). The maximum absolute atomic E-state index is 11.8. The molecule has 0 spiro atoms. The Labute approximate surface area is 117 Å². The molecule has 0 aliphatic carbocycles. The number of aromatic nitrogens is 2. The van der Waals surface area contributed by atoms with Gasteiger partial charge in [0.2, 0.25) is 5.71 Å². The van der Waals surface area contributed by atoms with Gasteiger partial charge in [-0.05, 0) is 47.5 Å². The van der Waals surface area contributed by atoms with E-state index in [-0.39, 0.29) is 5.63 Å². The molecule has 0 radical (unpaired) electrons. The van der Waals surface area contributed by atoms with E-state index >= 15 is 0 Å². The Balaban J connectivity index is 2.44. The lowest BCUT2D eigenvalue weighted by atomic mass is 10.2. The first-order chi connectivity index (χ1) is 9.09. The minimum absolute atomic E-state index is 0.387. The molecule has 0 aliphatic rings. The predicted molar refractivity (Wildman–Crippen MR) is 76.8 cm³/mol. The molecular formula is C14H11BrN2O2. The SMILES string of the molecule is Cc1nn(-c2ccccc2)c2oc(=O)c(Br)c(C)c12. The first-order valence-electron chi connectivity index (χ1n) is 5.83. The van der Waals surface area contributed by atoms with E-state index in [4.69, 9.17) is 4.42 Å². The molecular weight excluding hydrogens is 308 g/mol. The van der Waals surface area contributed by atoms with Crippen LogP contribution in [0.25, 0.3) is 16.8 Å². The van der Waals surface area contributed by atoms with Gasteiger partial charge in [-0.2, -0.15) is 9.78 Å². The number of halogens is 1. The number of rotatable bonds is 1. The Morgan fingerprint density at radius 3 is 2.58 bits per heavy atom. The summed E-state index contributed by atoms with van der Waals surface area (Å²) in [6, 6.07) is 9.61. The molecule has 0 unspecified atom stereocenters. The summed E-state index contributed by atoms with van der Waals surface area (Å²) in [4.78, 5) is 11.8. The summed E-state index contributed by atoms with van der Waals surface area (Å²) in [6.07, 6.45) is 0. The van der Waals surface area contributed by atoms with Gasteiger partial charge >= 0.3 is 5.63 Å². The molecule has 0 N–H and O–H groups in total. The number of benzene rings is 1. The zero-order valence-electron chi connectivity index (χ0n) is 10.5. The number of aryl methyl sites for hydroxylation is 2. The van der Waals surface area contributed by atoms with Gasteiger partial charge in [0.1, 0.15) is 4.47 Å². The van der Waals surface area contributed by atoms with Crippen molar-refractivity contribution >= 4 is 27.0 Å². The first-order valence-corrected chi connectivity index (χ1v) is 6.63. The average Bonchev–Trinajstić information content (AvgIpc) is 2.74. The van der Waals surface area contributed by atoms with E-state index in [0.29, 0.717) is 10.2 Å². The summed E-state index contributed by atoms with van der Waals surface area (Å²) >= 11 is 3.26. The summed E-state index contributed by atoms with van der Waals surface area (Å²) in [5.74, 6) is 0. The smallest absolute Gasteiger partial charge is 0.352 e. The maximum atomic E-state index is 11.8. The van der Waals surface area contributed by atoms with E-state index in [0.717, 1.165) is 22.3 Å². The van der Waals surface area contributed by atoms with Crippen LogP contribution in [0.2, 0.25) is 0 Å². The van der Waals surface area contributed by atoms with Crippen LogP contribution in [0.5, 0.6) is 0 Å². The van der Waals surface area contributed by atoms with Crippen molar-refractivity contribution in [2.45, 2.75) is 13.8 Å². The number of fused-ring (bicyclic) bond motifs is 1. The molecule has 3 aromatic rings. The highest BCUT2D eigenvalue weighted by Gasteiger charge is 2.17. The molecule has 2 heterocycles. The van der Waals surface area contributed by atoms with E-state index in [1.807, 2.05) is 44.2 Å². The van der Waals surface area contributed by atoms with Crippen molar-refractivity contribution < 1.29 is 4.42 Å². The third-order valence-electron chi connectivity index (χ3n) is 3.09. The Morgan fingerprint density at radius 1 is 1.21 bits per heavy atom. The summed E-state index contributed by atoms with van der Waals surface area (Å²) in [5, 5.41) is 5.34. The van der Waals surface area contributed by atoms with Gasteiger partial charge in [-0.15, -0.1) is 0 Å². The lowest BCUT2D eigenvalue weighted by Gasteiger charge is -2.02. The normalized spacial score (nSPS) is 11.1. The van der Waals surface area contributed by atoms with E-state index in [1.54, 1.807) is 4.68 Å². The largest absolute Gasteiger partial charge is 0.403 e. The van der Waals surface area contributed by atoms with Crippen molar-refractivity contribution in [1.82, 2.24) is 9.78 Å². The highest BCUT2D eigenvalue weighted by molar-refractivity contribution is 9.10. The molecule has 0 fully saturated rings. The minimum Gasteiger partial charge on any atom is -0.403 e. The third-order valence-corrected chi connectivity index (χ3v) is 4.01. The molecule has 96 valence electrons. The zero-order valence-corrected chi connectivity index (χ0v) is 12.1. The summed E-state index contributed by atoms with van der Waals surface area (Å²) in [6.45, 7) is 3.79. The molecule has 0 saturated carbocycles. The maximum Gasteiger partial charge on any atom is 0.352 e. The quantitative estimate of drug-likeness (QED) is 0.691. The highest BCUT2D eigenvalue weighted by Crippen LogP contribution is 2.27. The lowest BCUT2D eigenvalue weighted by Crippen LogP contribution is -2.04. The van der Waals surface area contributed by atoms with Crippen molar-refractivity contribution in [3.05, 3.63) is 56.5 Å². The summed E-state index contributed by atoms with van der Waals surface area (Å²) in [7, 11) is 0. The molecule has 0 bridgehead atoms. The lowest BCUT2D eigenvalue weighted by molar-refractivity contribution is 0.530. The fourth-order valence-corrected chi connectivity index (χ4v) is 2.45. The number of hydrogen-bond donors (Lipinski definition) is 0. The van der Waals surface area contributed by atoms with E-state index < -0.39 is 0 Å². The van der Waals surface area contributed by atoms with Crippen LogP contribution in [0.15, 0.2) is 44.0 Å². The Morgan fingerprint density at radius 2 is 1.89 bits per heavy atom. The molecule has 2 aromatic heterocycles. The monoisotopic (exact) mass is 318 g/mol. The van der Waals surface area contributed by atoms with Crippen LogP contribution in [0.1, 0.15) is 11.3 Å². The van der Waals surface area contributed by atoms with Crippen molar-refractivity contribution in [2.24, 2.45) is 0 Å². The second kappa shape index (κ2) is 4.35. The third kappa shape index (κ3) is 1.81. The molecule has 0 aliphatic heterocycles. The fourth-order valence-electron chi connectivity index (χ4n) is 2.17. The van der Waals surface area contributed by atoms with Crippen molar-refractivity contribution in [2.75, 3.05) is 0 Å². The second-order valence-corrected chi connectivity index (χ2v) is 5.13. The molecule has 5 heteroatoms. The van der Waals surface area contributed by atoms with Crippen LogP contribution >= 0.6 is 15.9 Å². The van der Waals surface area contributed by atoms with Crippen molar-refractivity contribution in [1.29, 1.82) is 0 Å². The van der Waals surface area contributed by atoms with Crippen molar-refractivity contribution in [3.63, 3.8) is 0 Å². The minimum atomic E-state index is -0.387. The van der Waals surface area contributed by atoms with Crippen LogP contribution in [0.3, 0.4) is 0 Å². The molecule has 0 atom stereocenters. The van der Waals surface area contributed by atoms with E-state index in [9.17, 15) is 4.79 Å². The van der Waals surface area contributed by atoms with Gasteiger partial charge in [-0.25, -0.2) is 4.79 Å². The predicted octanol–water partition coefficient (Wildman–Crippen LogP) is 3.36. The van der Waals surface area contributed by atoms with Crippen LogP contribution in [0, 0.1) is 13.8 Å². The molecule has 0 saturated heterocycles. The molecule has 19 heavy (non-hydrogen) atoms. The van der Waals surface area contributed by atoms with Gasteiger partial charge in [-0.3, -0.25) is 0 Å². The molecule has 0 amide bonds. The second-order valence-electron chi connectivity index (χ2n) is 4.34. The van der Waals surface area contributed by atoms with Gasteiger partial charge in [0.05, 0.1) is 16.8 Å². The van der Waals surface area contributed by atoms with Gasteiger partial charge in [0.25, 0.3) is 0 Å². The first kappa shape index (κ1) is 12.2. The topological polar surface area (TPSA) is 48.0 Å². The van der Waals surface area contributed by atoms with Crippen LogP contribution in [-0.2, 0) is 0 Å². The summed E-state index contributed by atoms with van der Waals surface area (Å²) < 4.78 is 7.49. The van der Waals surface area contributed by atoms with Crippen LogP contribution < -0.4 is 5.63 Å². The number of nitrogens with zero attached hydrogens (tertiary/aromatic N) is 2. The highest BCUT2D eigenvalue weighted by atomic mass is 79.9. The fraction of sp³-hybridized carbons (Fsp3) is 0.143. The Kier molecular flexibility index (Phi) is 2.78. The summed E-state index contributed by atoms with van der Waals surface area (Å²) in [5.41, 5.74) is 2.65. The van der Waals surface area contributed by atoms with E-state index in [2.05, 4.69) is 21.0 Å². The van der Waals surface area contributed by atoms with E-state index in [1.165, 1.54) is 0 Å². The Hall–Kier alpha value is -1.88. The van der Waals surface area contributed by atoms with Gasteiger partial charge in [-0.1, -0.05) is 18.2 Å². The Bertz CT molecular complexity index is 819. The number of para-hydroxylation sites is 1. The molecule has 1 aromatic carbocycles.